The van der Waals surface area contributed by atoms with Crippen molar-refractivity contribution in [1.82, 2.24) is 0 Å². The van der Waals surface area contributed by atoms with Crippen LogP contribution in [0.4, 0.5) is 17.1 Å². The summed E-state index contributed by atoms with van der Waals surface area (Å²) >= 11 is 0. The zero-order valence-electron chi connectivity index (χ0n) is 13.2. The average Bonchev–Trinajstić information content (AvgIpc) is 2.66. The quantitative estimate of drug-likeness (QED) is 0.586. The van der Waals surface area contributed by atoms with Gasteiger partial charge in [-0.05, 0) is 39.3 Å². The highest BCUT2D eigenvalue weighted by Crippen LogP contribution is 2.41. The summed E-state index contributed by atoms with van der Waals surface area (Å²) < 4.78 is 5.45. The first kappa shape index (κ1) is 15.5. The van der Waals surface area contributed by atoms with Crippen molar-refractivity contribution in [3.8, 4) is 0 Å². The molecule has 2 rings (SSSR count). The number of fused-ring (bicyclic) bond motifs is 1. The van der Waals surface area contributed by atoms with E-state index in [1.165, 1.54) is 0 Å². The van der Waals surface area contributed by atoms with E-state index in [2.05, 4.69) is 17.6 Å². The lowest BCUT2D eigenvalue weighted by Crippen LogP contribution is -2.45. The van der Waals surface area contributed by atoms with Crippen LogP contribution in [0.5, 0.6) is 0 Å². The van der Waals surface area contributed by atoms with E-state index >= 15 is 0 Å². The van der Waals surface area contributed by atoms with Crippen molar-refractivity contribution in [3.05, 3.63) is 18.2 Å². The molecule has 0 fully saturated rings. The number of nitrogen functional groups attached to an aromatic ring is 1. The Bertz CT molecular complexity index is 537. The molecule has 1 aromatic carbocycles. The van der Waals surface area contributed by atoms with Crippen molar-refractivity contribution in [2.45, 2.75) is 58.2 Å². The van der Waals surface area contributed by atoms with Crippen molar-refractivity contribution >= 4 is 23.0 Å². The average molecular weight is 291 g/mol. The van der Waals surface area contributed by atoms with Gasteiger partial charge in [0.2, 0.25) is 0 Å². The fourth-order valence-electron chi connectivity index (χ4n) is 2.69. The number of hydrogen-bond donors (Lipinski definition) is 3. The Hall–Kier alpha value is -1.91. The molecule has 116 valence electrons. The van der Waals surface area contributed by atoms with Crippen LogP contribution >= 0.6 is 0 Å². The van der Waals surface area contributed by atoms with Gasteiger partial charge in [0, 0.05) is 0 Å². The van der Waals surface area contributed by atoms with E-state index in [1.807, 2.05) is 39.0 Å². The zero-order valence-corrected chi connectivity index (χ0v) is 13.2. The van der Waals surface area contributed by atoms with Gasteiger partial charge < -0.3 is 21.1 Å². The molecule has 5 heteroatoms. The molecule has 1 unspecified atom stereocenters. The molecule has 0 radical (unpaired) electrons. The molecule has 0 amide bonds. The number of hydrogen-bond acceptors (Lipinski definition) is 5. The van der Waals surface area contributed by atoms with Crippen LogP contribution in [0.3, 0.4) is 0 Å². The number of para-hydroxylation sites is 1. The van der Waals surface area contributed by atoms with Gasteiger partial charge in [0.05, 0.1) is 23.5 Å². The van der Waals surface area contributed by atoms with Crippen LogP contribution < -0.4 is 16.4 Å². The Labute approximate surface area is 126 Å². The molecule has 4 N–H and O–H groups in total. The van der Waals surface area contributed by atoms with Crippen molar-refractivity contribution in [2.75, 3.05) is 16.4 Å². The summed E-state index contributed by atoms with van der Waals surface area (Å²) in [5.74, 6) is -0.220. The minimum Gasteiger partial charge on any atom is -0.460 e. The molecule has 1 atom stereocenters. The summed E-state index contributed by atoms with van der Waals surface area (Å²) in [4.78, 5) is 12.2. The highest BCUT2D eigenvalue weighted by Gasteiger charge is 2.39. The molecular formula is C16H25N3O2. The molecule has 1 aromatic rings. The Morgan fingerprint density at radius 2 is 2.05 bits per heavy atom. The Balaban J connectivity index is 2.17. The van der Waals surface area contributed by atoms with Gasteiger partial charge in [-0.25, -0.2) is 0 Å². The number of benzene rings is 1. The third kappa shape index (κ3) is 3.60. The van der Waals surface area contributed by atoms with Gasteiger partial charge in [-0.1, -0.05) is 19.4 Å². The number of rotatable bonds is 4. The van der Waals surface area contributed by atoms with Crippen molar-refractivity contribution in [1.29, 1.82) is 0 Å². The summed E-state index contributed by atoms with van der Waals surface area (Å²) in [7, 11) is 0. The topological polar surface area (TPSA) is 76.4 Å². The lowest BCUT2D eigenvalue weighted by molar-refractivity contribution is -0.155. The van der Waals surface area contributed by atoms with Crippen molar-refractivity contribution in [2.24, 2.45) is 0 Å². The molecule has 0 bridgehead atoms. The smallest absolute Gasteiger partial charge is 0.310 e. The molecule has 0 aliphatic carbocycles. The molecule has 0 spiro atoms. The monoisotopic (exact) mass is 291 g/mol. The van der Waals surface area contributed by atoms with E-state index in [9.17, 15) is 4.79 Å². The van der Waals surface area contributed by atoms with Crippen LogP contribution in [0.1, 0.15) is 47.0 Å². The number of nitrogens with two attached hydrogens (primary N) is 1. The van der Waals surface area contributed by atoms with E-state index in [-0.39, 0.29) is 12.4 Å². The van der Waals surface area contributed by atoms with E-state index in [1.54, 1.807) is 0 Å². The number of carbonyl (C=O) groups is 1. The molecule has 1 aliphatic rings. The molecule has 1 aliphatic heterocycles. The highest BCUT2D eigenvalue weighted by atomic mass is 16.6. The van der Waals surface area contributed by atoms with E-state index < -0.39 is 11.3 Å². The number of esters is 1. The Morgan fingerprint density at radius 1 is 1.33 bits per heavy atom. The van der Waals surface area contributed by atoms with Crippen LogP contribution in [0.25, 0.3) is 0 Å². The number of carbonyl (C=O) groups excluding carboxylic acids is 1. The first-order valence-corrected chi connectivity index (χ1v) is 7.41. The summed E-state index contributed by atoms with van der Waals surface area (Å²) in [5.41, 5.74) is 7.50. The number of nitrogens with one attached hydrogen (secondary N) is 2. The SMILES string of the molecule is CCCC1(CC(=O)OC(C)(C)C)Nc2cccc(N)c2N1. The Morgan fingerprint density at radius 3 is 2.62 bits per heavy atom. The number of anilines is 3. The van der Waals surface area contributed by atoms with Crippen molar-refractivity contribution < 1.29 is 9.53 Å². The molecule has 0 saturated heterocycles. The summed E-state index contributed by atoms with van der Waals surface area (Å²) in [6, 6.07) is 5.71. The van der Waals surface area contributed by atoms with Gasteiger partial charge in [-0.2, -0.15) is 0 Å². The summed E-state index contributed by atoms with van der Waals surface area (Å²) in [5, 5.41) is 6.81. The summed E-state index contributed by atoms with van der Waals surface area (Å²) in [6.45, 7) is 7.71. The zero-order chi connectivity index (χ0) is 15.7. The Kier molecular flexibility index (Phi) is 4.03. The fraction of sp³-hybridized carbons (Fsp3) is 0.562. The molecule has 0 saturated carbocycles. The first-order valence-electron chi connectivity index (χ1n) is 7.41. The van der Waals surface area contributed by atoms with Crippen LogP contribution in [-0.4, -0.2) is 17.2 Å². The third-order valence-electron chi connectivity index (χ3n) is 3.38. The van der Waals surface area contributed by atoms with Gasteiger partial charge in [0.15, 0.2) is 0 Å². The maximum Gasteiger partial charge on any atom is 0.310 e. The molecule has 5 nitrogen and oxygen atoms in total. The normalized spacial score (nSPS) is 20.4. The largest absolute Gasteiger partial charge is 0.460 e. The second-order valence-corrected chi connectivity index (χ2v) is 6.62. The second-order valence-electron chi connectivity index (χ2n) is 6.62. The lowest BCUT2D eigenvalue weighted by Gasteiger charge is -2.31. The summed E-state index contributed by atoms with van der Waals surface area (Å²) in [6.07, 6.45) is 2.00. The van der Waals surface area contributed by atoms with Crippen LogP contribution in [-0.2, 0) is 9.53 Å². The minimum absolute atomic E-state index is 0.220. The fourth-order valence-corrected chi connectivity index (χ4v) is 2.69. The minimum atomic E-state index is -0.519. The van der Waals surface area contributed by atoms with Crippen LogP contribution in [0, 0.1) is 0 Å². The third-order valence-corrected chi connectivity index (χ3v) is 3.38. The van der Waals surface area contributed by atoms with E-state index in [0.29, 0.717) is 5.69 Å². The van der Waals surface area contributed by atoms with E-state index in [0.717, 1.165) is 24.2 Å². The van der Waals surface area contributed by atoms with Crippen molar-refractivity contribution in [3.63, 3.8) is 0 Å². The predicted molar refractivity (Wildman–Crippen MR) is 86.2 cm³/mol. The van der Waals surface area contributed by atoms with E-state index in [4.69, 9.17) is 10.5 Å². The maximum absolute atomic E-state index is 12.2. The second kappa shape index (κ2) is 5.47. The van der Waals surface area contributed by atoms with Crippen LogP contribution in [0.2, 0.25) is 0 Å². The van der Waals surface area contributed by atoms with Gasteiger partial charge in [0.25, 0.3) is 0 Å². The molecule has 1 heterocycles. The van der Waals surface area contributed by atoms with Gasteiger partial charge in [-0.3, -0.25) is 4.79 Å². The molecular weight excluding hydrogens is 266 g/mol. The van der Waals surface area contributed by atoms with Gasteiger partial charge >= 0.3 is 5.97 Å². The lowest BCUT2D eigenvalue weighted by atomic mass is 10.0. The molecule has 0 aromatic heterocycles. The maximum atomic E-state index is 12.2. The highest BCUT2D eigenvalue weighted by molar-refractivity contribution is 5.88. The van der Waals surface area contributed by atoms with Gasteiger partial charge in [-0.15, -0.1) is 0 Å². The number of ether oxygens (including phenoxy) is 1. The van der Waals surface area contributed by atoms with Crippen LogP contribution in [0.15, 0.2) is 18.2 Å². The molecule has 21 heavy (non-hydrogen) atoms. The first-order chi connectivity index (χ1) is 9.75. The standard InChI is InChI=1S/C16H25N3O2/c1-5-9-16(10-13(20)21-15(2,3)4)18-12-8-6-7-11(17)14(12)19-16/h6-8,18-19H,5,9-10,17H2,1-4H3. The van der Waals surface area contributed by atoms with Gasteiger partial charge in [0.1, 0.15) is 11.3 Å². The predicted octanol–water partition coefficient (Wildman–Crippen LogP) is 3.33.